The molecule has 5 rings (SSSR count). The third-order valence-electron chi connectivity index (χ3n) is 5.36. The molecule has 0 saturated heterocycles. The Bertz CT molecular complexity index is 1320. The Morgan fingerprint density at radius 3 is 1.44 bits per heavy atom. The Labute approximate surface area is 197 Å². The molecule has 0 unspecified atom stereocenters. The summed E-state index contributed by atoms with van der Waals surface area (Å²) < 4.78 is 2.73. The molecule has 32 heavy (non-hydrogen) atoms. The predicted octanol–water partition coefficient (Wildman–Crippen LogP) is 6.89. The molecule has 0 aliphatic heterocycles. The van der Waals surface area contributed by atoms with Gasteiger partial charge in [0.15, 0.2) is 3.95 Å². The van der Waals surface area contributed by atoms with E-state index in [1.165, 1.54) is 15.9 Å². The van der Waals surface area contributed by atoms with Crippen LogP contribution in [-0.4, -0.2) is 4.68 Å². The van der Waals surface area contributed by atoms with E-state index in [0.29, 0.717) is 0 Å². The first kappa shape index (κ1) is 20.8. The summed E-state index contributed by atoms with van der Waals surface area (Å²) in [5.74, 6) is 0. The minimum Gasteiger partial charge on any atom is -0.212 e. The normalized spacial score (nSPS) is 11.2. The zero-order chi connectivity index (χ0) is 21.8. The molecule has 0 fully saturated rings. The van der Waals surface area contributed by atoms with Gasteiger partial charge in [0.25, 0.3) is 0 Å². The molecule has 0 atom stereocenters. The van der Waals surface area contributed by atoms with Crippen molar-refractivity contribution >= 4 is 46.5 Å². The molecule has 4 aromatic carbocycles. The van der Waals surface area contributed by atoms with Gasteiger partial charge in [-0.05, 0) is 12.2 Å². The molecule has 0 amide bonds. The van der Waals surface area contributed by atoms with Crippen LogP contribution in [0.5, 0.6) is 0 Å². The molecule has 0 bridgehead atoms. The van der Waals surface area contributed by atoms with Crippen LogP contribution in [0.1, 0.15) is 0 Å². The largest absolute Gasteiger partial charge is 0.212 e. The van der Waals surface area contributed by atoms with Gasteiger partial charge in [-0.25, -0.2) is 4.68 Å². The van der Waals surface area contributed by atoms with Crippen molar-refractivity contribution in [3.8, 4) is 11.3 Å². The fourth-order valence-electron chi connectivity index (χ4n) is 3.86. The second kappa shape index (κ2) is 9.22. The van der Waals surface area contributed by atoms with Crippen LogP contribution in [0.15, 0.2) is 132 Å². The van der Waals surface area contributed by atoms with Crippen LogP contribution in [0, 0.1) is 3.95 Å². The second-order valence-electron chi connectivity index (χ2n) is 7.30. The zero-order valence-corrected chi connectivity index (χ0v) is 19.8. The monoisotopic (exact) mass is 468 g/mol. The van der Waals surface area contributed by atoms with Crippen LogP contribution in [0.25, 0.3) is 11.3 Å². The van der Waals surface area contributed by atoms with Crippen LogP contribution in [0.3, 0.4) is 0 Å². The van der Waals surface area contributed by atoms with E-state index >= 15 is 0 Å². The summed E-state index contributed by atoms with van der Waals surface area (Å²) in [5, 5.41) is 5.70. The summed E-state index contributed by atoms with van der Waals surface area (Å²) in [6.45, 7) is 0. The summed E-state index contributed by atoms with van der Waals surface area (Å²) in [5.41, 5.74) is 2.13. The van der Waals surface area contributed by atoms with Crippen molar-refractivity contribution < 1.29 is 0 Å². The molecule has 1 aromatic heterocycles. The van der Waals surface area contributed by atoms with E-state index in [9.17, 15) is 0 Å². The molecule has 5 heteroatoms. The zero-order valence-electron chi connectivity index (χ0n) is 17.3. The highest BCUT2D eigenvalue weighted by atomic mass is 32.1. The van der Waals surface area contributed by atoms with Crippen molar-refractivity contribution in [1.82, 2.24) is 4.68 Å². The molecular weight excluding hydrogens is 447 g/mol. The van der Waals surface area contributed by atoms with Gasteiger partial charge in [0, 0.05) is 26.9 Å². The first-order chi connectivity index (χ1) is 15.8. The number of rotatable bonds is 5. The molecule has 0 N–H and O–H groups in total. The number of thiazole rings is 1. The van der Waals surface area contributed by atoms with Crippen molar-refractivity contribution in [2.45, 2.75) is 0 Å². The first-order valence-corrected chi connectivity index (χ1v) is 13.4. The van der Waals surface area contributed by atoms with Gasteiger partial charge in [0.05, 0.1) is 12.7 Å². The summed E-state index contributed by atoms with van der Waals surface area (Å²) in [7, 11) is -2.39. The lowest BCUT2D eigenvalue weighted by Crippen LogP contribution is -2.26. The van der Waals surface area contributed by atoms with Gasteiger partial charge in [-0.1, -0.05) is 121 Å². The number of aromatic nitrogens is 1. The van der Waals surface area contributed by atoms with E-state index < -0.39 is 7.05 Å². The lowest BCUT2D eigenvalue weighted by Gasteiger charge is -2.26. The van der Waals surface area contributed by atoms with Crippen LogP contribution < -0.4 is 15.9 Å². The third-order valence-corrected chi connectivity index (χ3v) is 10.1. The lowest BCUT2D eigenvalue weighted by molar-refractivity contribution is 0.906. The van der Waals surface area contributed by atoms with Gasteiger partial charge in [0.2, 0.25) is 0 Å². The molecule has 0 aliphatic rings. The summed E-state index contributed by atoms with van der Waals surface area (Å²) >= 11 is 7.35. The summed E-state index contributed by atoms with van der Waals surface area (Å²) in [6, 6.07) is 42.2. The van der Waals surface area contributed by atoms with Crippen LogP contribution in [0.4, 0.5) is 0 Å². The Morgan fingerprint density at radius 1 is 0.594 bits per heavy atom. The van der Waals surface area contributed by atoms with Gasteiger partial charge in [0.1, 0.15) is 0 Å². The molecule has 5 aromatic rings. The van der Waals surface area contributed by atoms with Crippen LogP contribution in [-0.2, 0) is 0 Å². The number of hydrogen-bond acceptors (Lipinski definition) is 3. The molecular formula is C27H21N2PS2. The Kier molecular flexibility index (Phi) is 6.00. The van der Waals surface area contributed by atoms with Gasteiger partial charge >= 0.3 is 0 Å². The molecule has 0 spiro atoms. The SMILES string of the molecule is S=c1scc(-c2ccccc2)n1N=P(c1ccccc1)(c1ccccc1)c1ccccc1. The fourth-order valence-corrected chi connectivity index (χ4v) is 8.42. The molecule has 0 aliphatic carbocycles. The van der Waals surface area contributed by atoms with Gasteiger partial charge in [-0.15, -0.1) is 11.3 Å². The molecule has 156 valence electrons. The molecule has 0 radical (unpaired) electrons. The second-order valence-corrected chi connectivity index (χ2v) is 11.8. The standard InChI is InChI=1S/C27H21N2PS2/c31-27-29(26(21-32-27)22-13-5-1-6-14-22)28-30(23-15-7-2-8-16-23,24-17-9-3-10-18-24)25-19-11-4-12-20-25/h1-21H. The number of benzene rings is 4. The van der Waals surface area contributed by atoms with Crippen LogP contribution in [0.2, 0.25) is 0 Å². The molecule has 0 saturated carbocycles. The highest BCUT2D eigenvalue weighted by molar-refractivity contribution is 7.87. The predicted molar refractivity (Wildman–Crippen MR) is 142 cm³/mol. The third kappa shape index (κ3) is 3.82. The Hall–Kier alpha value is -3.04. The Morgan fingerprint density at radius 2 is 1.00 bits per heavy atom. The first-order valence-electron chi connectivity index (χ1n) is 10.3. The number of nitrogens with zero attached hydrogens (tertiary/aromatic N) is 2. The average Bonchev–Trinajstić information content (AvgIpc) is 3.24. The van der Waals surface area contributed by atoms with Crippen molar-refractivity contribution in [3.05, 3.63) is 131 Å². The van der Waals surface area contributed by atoms with Gasteiger partial charge in [-0.2, -0.15) is 4.85 Å². The lowest BCUT2D eigenvalue weighted by atomic mass is 10.2. The van der Waals surface area contributed by atoms with Crippen LogP contribution >= 0.6 is 30.6 Å². The maximum absolute atomic E-state index is 5.80. The molecule has 1 heterocycles. The smallest absolute Gasteiger partial charge is 0.182 e. The highest BCUT2D eigenvalue weighted by Crippen LogP contribution is 2.47. The summed E-state index contributed by atoms with van der Waals surface area (Å²) in [6.07, 6.45) is 0. The average molecular weight is 469 g/mol. The van der Waals surface area contributed by atoms with Crippen molar-refractivity contribution in [2.75, 3.05) is 0 Å². The maximum atomic E-state index is 5.80. The highest BCUT2D eigenvalue weighted by Gasteiger charge is 2.28. The minimum absolute atomic E-state index is 0.746. The number of hydrogen-bond donors (Lipinski definition) is 0. The molecule has 2 nitrogen and oxygen atoms in total. The maximum Gasteiger partial charge on any atom is 0.182 e. The summed E-state index contributed by atoms with van der Waals surface area (Å²) in [4.78, 5) is 5.57. The van der Waals surface area contributed by atoms with E-state index in [1.54, 1.807) is 11.3 Å². The minimum atomic E-state index is -2.39. The van der Waals surface area contributed by atoms with Gasteiger partial charge in [-0.3, -0.25) is 0 Å². The fraction of sp³-hybridized carbons (Fsp3) is 0. The van der Waals surface area contributed by atoms with Gasteiger partial charge < -0.3 is 0 Å². The van der Waals surface area contributed by atoms with Crippen molar-refractivity contribution in [1.29, 1.82) is 0 Å². The van der Waals surface area contributed by atoms with E-state index in [2.05, 4.69) is 109 Å². The quantitative estimate of drug-likeness (QED) is 0.203. The Balaban J connectivity index is 1.92. The van der Waals surface area contributed by atoms with E-state index in [-0.39, 0.29) is 0 Å². The van der Waals surface area contributed by atoms with E-state index in [4.69, 9.17) is 17.1 Å². The van der Waals surface area contributed by atoms with E-state index in [0.717, 1.165) is 15.2 Å². The topological polar surface area (TPSA) is 17.3 Å². The van der Waals surface area contributed by atoms with E-state index in [1.807, 2.05) is 22.9 Å². The van der Waals surface area contributed by atoms with Crippen molar-refractivity contribution in [3.63, 3.8) is 0 Å². The van der Waals surface area contributed by atoms with Crippen molar-refractivity contribution in [2.24, 2.45) is 4.85 Å².